The van der Waals surface area contributed by atoms with E-state index in [1.54, 1.807) is 0 Å². The van der Waals surface area contributed by atoms with Crippen molar-refractivity contribution in [3.05, 3.63) is 0 Å². The number of nitrogens with zero attached hydrogens (tertiary/aromatic N) is 3. The highest BCUT2D eigenvalue weighted by molar-refractivity contribution is 6.18. The minimum Gasteiger partial charge on any atom is -0.299 e. The number of hydrazine groups is 1. The maximum atomic E-state index is 5.67. The number of hydrogen-bond donors (Lipinski definition) is 0. The summed E-state index contributed by atoms with van der Waals surface area (Å²) < 4.78 is 0. The largest absolute Gasteiger partial charge is 0.299 e. The van der Waals surface area contributed by atoms with Gasteiger partial charge in [0.1, 0.15) is 0 Å². The average Bonchev–Trinajstić information content (AvgIpc) is 2.06. The summed E-state index contributed by atoms with van der Waals surface area (Å²) in [5.41, 5.74) is 0. The van der Waals surface area contributed by atoms with E-state index < -0.39 is 0 Å². The van der Waals surface area contributed by atoms with Gasteiger partial charge in [-0.1, -0.05) is 0 Å². The second-order valence-corrected chi connectivity index (χ2v) is 3.71. The Morgan fingerprint density at radius 1 is 1.00 bits per heavy atom. The molecule has 1 saturated heterocycles. The molecule has 0 bridgehead atoms. The number of hydrogen-bond acceptors (Lipinski definition) is 3. The standard InChI is InChI=1S/C8H18ClN3.3ClH/c1-10(2)12-7-5-11(4-3-9)6-8-12;;;/h3-8H2,1-2H3;3*1H. The average molecular weight is 301 g/mol. The van der Waals surface area contributed by atoms with E-state index in [9.17, 15) is 0 Å². The number of halogens is 4. The Balaban J connectivity index is -0.000000480. The Labute approximate surface area is 116 Å². The molecule has 0 N–H and O–H groups in total. The van der Waals surface area contributed by atoms with Crippen molar-refractivity contribution in [3.8, 4) is 0 Å². The third-order valence-corrected chi connectivity index (χ3v) is 2.48. The van der Waals surface area contributed by atoms with Crippen molar-refractivity contribution in [2.45, 2.75) is 0 Å². The topological polar surface area (TPSA) is 9.72 Å². The maximum absolute atomic E-state index is 5.67. The van der Waals surface area contributed by atoms with Crippen LogP contribution in [0.25, 0.3) is 0 Å². The number of rotatable bonds is 3. The fourth-order valence-electron chi connectivity index (χ4n) is 1.48. The van der Waals surface area contributed by atoms with E-state index in [4.69, 9.17) is 11.6 Å². The summed E-state index contributed by atoms with van der Waals surface area (Å²) in [5.74, 6) is 0.752. The van der Waals surface area contributed by atoms with Crippen LogP contribution in [0.1, 0.15) is 0 Å². The highest BCUT2D eigenvalue weighted by Crippen LogP contribution is 2.02. The summed E-state index contributed by atoms with van der Waals surface area (Å²) in [4.78, 5) is 2.41. The minimum atomic E-state index is 0. The van der Waals surface area contributed by atoms with Gasteiger partial charge in [-0.25, -0.2) is 10.0 Å². The quantitative estimate of drug-likeness (QED) is 0.733. The van der Waals surface area contributed by atoms with E-state index in [1.807, 2.05) is 0 Å². The van der Waals surface area contributed by atoms with E-state index in [-0.39, 0.29) is 37.2 Å². The molecule has 0 aliphatic carbocycles. The molecule has 1 heterocycles. The molecule has 0 aromatic carbocycles. The normalized spacial score (nSPS) is 17.6. The Bertz CT molecular complexity index is 129. The summed E-state index contributed by atoms with van der Waals surface area (Å²) in [6.45, 7) is 5.58. The second-order valence-electron chi connectivity index (χ2n) is 3.33. The molecule has 1 aliphatic heterocycles. The monoisotopic (exact) mass is 299 g/mol. The molecule has 0 spiro atoms. The van der Waals surface area contributed by atoms with Gasteiger partial charge < -0.3 is 0 Å². The summed E-state index contributed by atoms with van der Waals surface area (Å²) in [7, 11) is 4.19. The van der Waals surface area contributed by atoms with Crippen LogP contribution in [0.5, 0.6) is 0 Å². The second kappa shape index (κ2) is 11.5. The van der Waals surface area contributed by atoms with Crippen molar-refractivity contribution in [1.29, 1.82) is 0 Å². The molecule has 1 aliphatic rings. The zero-order valence-electron chi connectivity index (χ0n) is 9.19. The van der Waals surface area contributed by atoms with Crippen molar-refractivity contribution in [3.63, 3.8) is 0 Å². The van der Waals surface area contributed by atoms with Gasteiger partial charge in [0.25, 0.3) is 0 Å². The molecule has 0 aromatic heterocycles. The van der Waals surface area contributed by atoms with Gasteiger partial charge >= 0.3 is 0 Å². The van der Waals surface area contributed by atoms with Gasteiger partial charge in [0.15, 0.2) is 0 Å². The molecule has 1 fully saturated rings. The highest BCUT2D eigenvalue weighted by atomic mass is 35.5. The Morgan fingerprint density at radius 3 is 1.80 bits per heavy atom. The van der Waals surface area contributed by atoms with Crippen LogP contribution in [0, 0.1) is 0 Å². The zero-order valence-corrected chi connectivity index (χ0v) is 12.4. The van der Waals surface area contributed by atoms with Crippen LogP contribution < -0.4 is 0 Å². The molecule has 0 atom stereocenters. The van der Waals surface area contributed by atoms with Crippen LogP contribution in [0.4, 0.5) is 0 Å². The van der Waals surface area contributed by atoms with Crippen LogP contribution in [0.3, 0.4) is 0 Å². The molecular weight excluding hydrogens is 280 g/mol. The van der Waals surface area contributed by atoms with Gasteiger partial charge in [0.2, 0.25) is 0 Å². The predicted molar refractivity (Wildman–Crippen MR) is 74.2 cm³/mol. The third-order valence-electron chi connectivity index (χ3n) is 2.32. The molecule has 96 valence electrons. The van der Waals surface area contributed by atoms with Crippen molar-refractivity contribution in [2.24, 2.45) is 0 Å². The molecule has 7 heteroatoms. The third kappa shape index (κ3) is 7.86. The molecule has 0 amide bonds. The highest BCUT2D eigenvalue weighted by Gasteiger charge is 2.16. The lowest BCUT2D eigenvalue weighted by Gasteiger charge is -2.37. The Hall–Kier alpha value is 1.04. The van der Waals surface area contributed by atoms with E-state index in [0.29, 0.717) is 0 Å². The molecule has 0 saturated carbocycles. The molecule has 0 aromatic rings. The number of piperazine rings is 1. The van der Waals surface area contributed by atoms with Crippen LogP contribution in [-0.4, -0.2) is 67.6 Å². The number of alkyl halides is 1. The first-order chi connectivity index (χ1) is 5.74. The fourth-order valence-corrected chi connectivity index (χ4v) is 1.72. The fraction of sp³-hybridized carbons (Fsp3) is 1.00. The first-order valence-corrected chi connectivity index (χ1v) is 4.98. The van der Waals surface area contributed by atoms with Crippen molar-refractivity contribution in [2.75, 3.05) is 52.7 Å². The van der Waals surface area contributed by atoms with E-state index >= 15 is 0 Å². The van der Waals surface area contributed by atoms with Gasteiger partial charge in [-0.05, 0) is 0 Å². The Morgan fingerprint density at radius 2 is 1.47 bits per heavy atom. The maximum Gasteiger partial charge on any atom is 0.0351 e. The molecule has 1 rings (SSSR count). The smallest absolute Gasteiger partial charge is 0.0351 e. The first kappa shape index (κ1) is 21.3. The molecule has 0 unspecified atom stereocenters. The summed E-state index contributed by atoms with van der Waals surface area (Å²) >= 11 is 5.67. The Kier molecular flexibility index (Phi) is 16.4. The summed E-state index contributed by atoms with van der Waals surface area (Å²) in [6, 6.07) is 0. The van der Waals surface area contributed by atoms with Gasteiger partial charge in [0.05, 0.1) is 0 Å². The van der Waals surface area contributed by atoms with Gasteiger partial charge in [-0.3, -0.25) is 4.90 Å². The lowest BCUT2D eigenvalue weighted by Crippen LogP contribution is -2.51. The van der Waals surface area contributed by atoms with Crippen molar-refractivity contribution in [1.82, 2.24) is 14.9 Å². The summed E-state index contributed by atoms with van der Waals surface area (Å²) in [6.07, 6.45) is 0. The lowest BCUT2D eigenvalue weighted by molar-refractivity contribution is -0.0172. The van der Waals surface area contributed by atoms with E-state index in [2.05, 4.69) is 29.0 Å². The summed E-state index contributed by atoms with van der Waals surface area (Å²) in [5, 5.41) is 4.52. The predicted octanol–water partition coefficient (Wildman–Crippen LogP) is 1.58. The van der Waals surface area contributed by atoms with E-state index in [1.165, 1.54) is 0 Å². The molecular formula is C8H21Cl4N3. The van der Waals surface area contributed by atoms with Gasteiger partial charge in [0, 0.05) is 52.7 Å². The zero-order chi connectivity index (χ0) is 8.97. The van der Waals surface area contributed by atoms with Crippen LogP contribution in [-0.2, 0) is 0 Å². The minimum absolute atomic E-state index is 0. The van der Waals surface area contributed by atoms with Crippen LogP contribution in [0.15, 0.2) is 0 Å². The van der Waals surface area contributed by atoms with E-state index in [0.717, 1.165) is 38.6 Å². The van der Waals surface area contributed by atoms with Crippen LogP contribution >= 0.6 is 48.8 Å². The lowest BCUT2D eigenvalue weighted by atomic mass is 10.3. The van der Waals surface area contributed by atoms with Gasteiger partial charge in [-0.15, -0.1) is 48.8 Å². The van der Waals surface area contributed by atoms with Crippen LogP contribution in [0.2, 0.25) is 0 Å². The molecule has 0 radical (unpaired) electrons. The molecule has 15 heavy (non-hydrogen) atoms. The van der Waals surface area contributed by atoms with Crippen molar-refractivity contribution >= 4 is 48.8 Å². The van der Waals surface area contributed by atoms with Gasteiger partial charge in [-0.2, -0.15) is 0 Å². The first-order valence-electron chi connectivity index (χ1n) is 4.44. The van der Waals surface area contributed by atoms with Crippen molar-refractivity contribution < 1.29 is 0 Å². The SMILES string of the molecule is CN(C)N1CCN(CCCl)CC1.Cl.Cl.Cl. The molecule has 3 nitrogen and oxygen atoms in total.